The molecule has 180 valence electrons. The highest BCUT2D eigenvalue weighted by Gasteiger charge is 2.34. The fourth-order valence-corrected chi connectivity index (χ4v) is 4.84. The van der Waals surface area contributed by atoms with Crippen LogP contribution in [0.25, 0.3) is 11.1 Å². The molecule has 1 saturated heterocycles. The fourth-order valence-electron chi connectivity index (χ4n) is 4.84. The molecule has 0 radical (unpaired) electrons. The number of hydrogen-bond acceptors (Lipinski definition) is 5. The molecule has 1 heterocycles. The van der Waals surface area contributed by atoms with Crippen LogP contribution in [0.15, 0.2) is 48.5 Å². The molecule has 1 aliphatic carbocycles. The van der Waals surface area contributed by atoms with E-state index in [1.807, 2.05) is 55.5 Å². The van der Waals surface area contributed by atoms with Gasteiger partial charge >= 0.3 is 12.1 Å². The van der Waals surface area contributed by atoms with Gasteiger partial charge in [-0.25, -0.2) is 4.79 Å². The number of ether oxygens (including phenoxy) is 2. The molecule has 0 spiro atoms. The van der Waals surface area contributed by atoms with Crippen molar-refractivity contribution in [3.8, 4) is 11.1 Å². The number of nitrogens with one attached hydrogen (secondary N) is 1. The highest BCUT2D eigenvalue weighted by atomic mass is 16.5. The minimum absolute atomic E-state index is 0.0863. The molecule has 0 bridgehead atoms. The SMILES string of the molecule is CCCN(C(=O)C(CC(=O)O)NC(=O)OCC1c2ccccc2-c2ccccc21)C1CCOC1. The van der Waals surface area contributed by atoms with E-state index in [0.29, 0.717) is 32.6 Å². The van der Waals surface area contributed by atoms with Gasteiger partial charge in [-0.05, 0) is 35.1 Å². The number of carboxylic acids is 1. The Morgan fingerprint density at radius 3 is 2.32 bits per heavy atom. The second-order valence-corrected chi connectivity index (χ2v) is 8.67. The maximum absolute atomic E-state index is 13.2. The summed E-state index contributed by atoms with van der Waals surface area (Å²) in [5.41, 5.74) is 4.37. The van der Waals surface area contributed by atoms with Gasteiger partial charge in [0.05, 0.1) is 19.1 Å². The summed E-state index contributed by atoms with van der Waals surface area (Å²) in [6, 6.07) is 14.7. The number of hydrogen-bond donors (Lipinski definition) is 2. The molecule has 2 atom stereocenters. The van der Waals surface area contributed by atoms with Gasteiger partial charge in [-0.2, -0.15) is 0 Å². The van der Waals surface area contributed by atoms with E-state index >= 15 is 0 Å². The topological polar surface area (TPSA) is 105 Å². The van der Waals surface area contributed by atoms with Gasteiger partial charge in [-0.3, -0.25) is 9.59 Å². The van der Waals surface area contributed by atoms with E-state index in [2.05, 4.69) is 5.32 Å². The lowest BCUT2D eigenvalue weighted by atomic mass is 9.98. The van der Waals surface area contributed by atoms with Crippen molar-refractivity contribution in [2.75, 3.05) is 26.4 Å². The van der Waals surface area contributed by atoms with Crippen molar-refractivity contribution in [3.63, 3.8) is 0 Å². The number of benzene rings is 2. The van der Waals surface area contributed by atoms with Crippen LogP contribution in [0.4, 0.5) is 4.79 Å². The molecule has 0 saturated carbocycles. The smallest absolute Gasteiger partial charge is 0.407 e. The molecule has 2 N–H and O–H groups in total. The maximum Gasteiger partial charge on any atom is 0.407 e. The largest absolute Gasteiger partial charge is 0.481 e. The molecule has 2 aromatic carbocycles. The van der Waals surface area contributed by atoms with Crippen molar-refractivity contribution in [2.24, 2.45) is 0 Å². The first-order valence-corrected chi connectivity index (χ1v) is 11.7. The first kappa shape index (κ1) is 23.8. The highest BCUT2D eigenvalue weighted by molar-refractivity contribution is 5.89. The van der Waals surface area contributed by atoms with Gasteiger partial charge in [0.25, 0.3) is 0 Å². The zero-order valence-electron chi connectivity index (χ0n) is 19.2. The molecule has 2 aliphatic rings. The second-order valence-electron chi connectivity index (χ2n) is 8.67. The molecule has 0 aromatic heterocycles. The number of carboxylic acid groups (broad SMARTS) is 1. The van der Waals surface area contributed by atoms with Crippen LogP contribution in [0.1, 0.15) is 43.2 Å². The number of rotatable bonds is 9. The van der Waals surface area contributed by atoms with Gasteiger partial charge in [0.2, 0.25) is 5.91 Å². The molecular weight excluding hydrogens is 436 g/mol. The van der Waals surface area contributed by atoms with Crippen molar-refractivity contribution < 1.29 is 29.0 Å². The van der Waals surface area contributed by atoms with Gasteiger partial charge in [0.1, 0.15) is 12.6 Å². The lowest BCUT2D eigenvalue weighted by Gasteiger charge is -2.31. The number of carbonyl (C=O) groups is 3. The van der Waals surface area contributed by atoms with Gasteiger partial charge in [-0.15, -0.1) is 0 Å². The van der Waals surface area contributed by atoms with E-state index in [9.17, 15) is 19.5 Å². The Kier molecular flexibility index (Phi) is 7.47. The Hall–Kier alpha value is -3.39. The summed E-state index contributed by atoms with van der Waals surface area (Å²) in [7, 11) is 0. The Morgan fingerprint density at radius 2 is 1.76 bits per heavy atom. The van der Waals surface area contributed by atoms with E-state index < -0.39 is 30.4 Å². The standard InChI is InChI=1S/C26H30N2O6/c1-2-12-28(17-11-13-33-15-17)25(31)23(14-24(29)30)27-26(32)34-16-22-20-9-5-3-7-18(20)19-8-4-6-10-21(19)22/h3-10,17,22-23H,2,11-16H2,1H3,(H,27,32)(H,29,30). The molecule has 1 aliphatic heterocycles. The van der Waals surface area contributed by atoms with Crippen molar-refractivity contribution in [1.82, 2.24) is 10.2 Å². The number of carbonyl (C=O) groups excluding carboxylic acids is 2. The summed E-state index contributed by atoms with van der Waals surface area (Å²) in [5.74, 6) is -1.72. The predicted molar refractivity (Wildman–Crippen MR) is 125 cm³/mol. The number of aliphatic carboxylic acids is 1. The summed E-state index contributed by atoms with van der Waals surface area (Å²) in [6.45, 7) is 3.47. The zero-order valence-corrected chi connectivity index (χ0v) is 19.2. The first-order valence-electron chi connectivity index (χ1n) is 11.7. The number of amides is 2. The van der Waals surface area contributed by atoms with Gasteiger partial charge in [-0.1, -0.05) is 55.5 Å². The van der Waals surface area contributed by atoms with E-state index in [4.69, 9.17) is 9.47 Å². The molecule has 4 rings (SSSR count). The quantitative estimate of drug-likeness (QED) is 0.587. The van der Waals surface area contributed by atoms with Crippen LogP contribution in [0.5, 0.6) is 0 Å². The van der Waals surface area contributed by atoms with E-state index in [-0.39, 0.29) is 18.6 Å². The molecule has 8 heteroatoms. The first-order chi connectivity index (χ1) is 16.5. The predicted octanol–water partition coefficient (Wildman–Crippen LogP) is 3.40. The monoisotopic (exact) mass is 466 g/mol. The summed E-state index contributed by atoms with van der Waals surface area (Å²) >= 11 is 0. The third kappa shape index (κ3) is 5.07. The minimum Gasteiger partial charge on any atom is -0.481 e. The van der Waals surface area contributed by atoms with Gasteiger partial charge in [0, 0.05) is 19.1 Å². The molecule has 1 fully saturated rings. The van der Waals surface area contributed by atoms with E-state index in [0.717, 1.165) is 22.3 Å². The van der Waals surface area contributed by atoms with Crippen LogP contribution < -0.4 is 5.32 Å². The van der Waals surface area contributed by atoms with Crippen LogP contribution in [-0.4, -0.2) is 66.4 Å². The Bertz CT molecular complexity index is 1000. The summed E-state index contributed by atoms with van der Waals surface area (Å²) in [6.07, 6.45) is 0.0841. The average molecular weight is 467 g/mol. The molecule has 8 nitrogen and oxygen atoms in total. The van der Waals surface area contributed by atoms with Gasteiger partial charge < -0.3 is 24.8 Å². The number of nitrogens with zero attached hydrogens (tertiary/aromatic N) is 1. The van der Waals surface area contributed by atoms with Crippen LogP contribution in [-0.2, 0) is 19.1 Å². The van der Waals surface area contributed by atoms with Crippen molar-refractivity contribution in [3.05, 3.63) is 59.7 Å². The number of fused-ring (bicyclic) bond motifs is 3. The van der Waals surface area contributed by atoms with Crippen LogP contribution in [0, 0.1) is 0 Å². The fraction of sp³-hybridized carbons (Fsp3) is 0.423. The van der Waals surface area contributed by atoms with Crippen molar-refractivity contribution >= 4 is 18.0 Å². The van der Waals surface area contributed by atoms with E-state index in [1.54, 1.807) is 4.90 Å². The summed E-state index contributed by atoms with van der Waals surface area (Å²) in [5, 5.41) is 11.9. The van der Waals surface area contributed by atoms with Gasteiger partial charge in [0.15, 0.2) is 0 Å². The highest BCUT2D eigenvalue weighted by Crippen LogP contribution is 2.44. The molecule has 2 aromatic rings. The molecular formula is C26H30N2O6. The summed E-state index contributed by atoms with van der Waals surface area (Å²) in [4.78, 5) is 39.0. The Morgan fingerprint density at radius 1 is 1.12 bits per heavy atom. The molecule has 2 amide bonds. The normalized spacial score (nSPS) is 17.5. The number of alkyl carbamates (subject to hydrolysis) is 1. The molecule has 2 unspecified atom stereocenters. The minimum atomic E-state index is -1.21. The zero-order chi connectivity index (χ0) is 24.1. The average Bonchev–Trinajstić information content (AvgIpc) is 3.47. The lowest BCUT2D eigenvalue weighted by Crippen LogP contribution is -2.53. The Labute approximate surface area is 198 Å². The van der Waals surface area contributed by atoms with Crippen molar-refractivity contribution in [1.29, 1.82) is 0 Å². The maximum atomic E-state index is 13.2. The second kappa shape index (κ2) is 10.7. The van der Waals surface area contributed by atoms with Crippen LogP contribution >= 0.6 is 0 Å². The molecule has 34 heavy (non-hydrogen) atoms. The summed E-state index contributed by atoms with van der Waals surface area (Å²) < 4.78 is 10.9. The van der Waals surface area contributed by atoms with Crippen LogP contribution in [0.2, 0.25) is 0 Å². The lowest BCUT2D eigenvalue weighted by molar-refractivity contribution is -0.143. The Balaban J connectivity index is 1.44. The van der Waals surface area contributed by atoms with Crippen molar-refractivity contribution in [2.45, 2.75) is 44.2 Å². The van der Waals surface area contributed by atoms with E-state index in [1.165, 1.54) is 0 Å². The third-order valence-corrected chi connectivity index (χ3v) is 6.41. The van der Waals surface area contributed by atoms with Crippen LogP contribution in [0.3, 0.4) is 0 Å². The third-order valence-electron chi connectivity index (χ3n) is 6.41.